The van der Waals surface area contributed by atoms with Crippen LogP contribution in [0.3, 0.4) is 0 Å². The van der Waals surface area contributed by atoms with Crippen molar-refractivity contribution in [1.29, 1.82) is 0 Å². The molecule has 2 unspecified atom stereocenters. The van der Waals surface area contributed by atoms with E-state index < -0.39 is 66.2 Å². The Kier molecular flexibility index (Phi) is 25.8. The van der Waals surface area contributed by atoms with E-state index in [4.69, 9.17) is 29.2 Å². The Labute approximate surface area is 328 Å². The monoisotopic (exact) mass is 785 g/mol. The zero-order valence-electron chi connectivity index (χ0n) is 34.5. The highest BCUT2D eigenvalue weighted by molar-refractivity contribution is 7.80. The van der Waals surface area contributed by atoms with Gasteiger partial charge in [0.15, 0.2) is 18.5 Å². The molecule has 1 fully saturated rings. The third kappa shape index (κ3) is 22.5. The van der Waals surface area contributed by atoms with E-state index in [0.29, 0.717) is 18.4 Å². The van der Waals surface area contributed by atoms with Gasteiger partial charge in [0.2, 0.25) is 0 Å². The van der Waals surface area contributed by atoms with Gasteiger partial charge < -0.3 is 23.7 Å². The third-order valence-electron chi connectivity index (χ3n) is 9.84. The normalized spacial score (nSPS) is 21.0. The smallest absolute Gasteiger partial charge is 0.397 e. The van der Waals surface area contributed by atoms with Crippen molar-refractivity contribution in [3.8, 4) is 0 Å². The fourth-order valence-electron chi connectivity index (χ4n) is 6.78. The summed E-state index contributed by atoms with van der Waals surface area (Å²) in [5, 5.41) is 0. The Morgan fingerprint density at radius 1 is 0.667 bits per heavy atom. The zero-order chi connectivity index (χ0) is 40.2. The van der Waals surface area contributed by atoms with E-state index in [1.807, 2.05) is 0 Å². The van der Waals surface area contributed by atoms with Gasteiger partial charge in [0.1, 0.15) is 12.2 Å². The Morgan fingerprint density at radius 2 is 1.09 bits per heavy atom. The fourth-order valence-corrected chi connectivity index (χ4v) is 7.29. The van der Waals surface area contributed by atoms with Gasteiger partial charge in [0.05, 0.1) is 14.6 Å². The molecule has 0 radical (unpaired) electrons. The summed E-state index contributed by atoms with van der Waals surface area (Å²) in [4.78, 5) is 26.4. The third-order valence-corrected chi connectivity index (χ3v) is 10.3. The summed E-state index contributed by atoms with van der Waals surface area (Å²) in [7, 11) is -3.80. The molecular weight excluding hydrogens is 713 g/mol. The topological polar surface area (TPSA) is 144 Å². The van der Waals surface area contributed by atoms with Gasteiger partial charge in [0.25, 0.3) is 0 Å². The number of hydrogen-bond acceptors (Lipinski definition) is 10. The number of esters is 2. The van der Waals surface area contributed by atoms with Gasteiger partial charge in [-0.3, -0.25) is 14.1 Å². The lowest BCUT2D eigenvalue weighted by atomic mass is 9.98. The van der Waals surface area contributed by atoms with Crippen LogP contribution in [-0.2, 0) is 54.4 Å². The molecule has 0 saturated carbocycles. The maximum atomic E-state index is 13.3. The number of carbonyl (C=O) groups is 2. The van der Waals surface area contributed by atoms with E-state index in [1.54, 1.807) is 30.3 Å². The van der Waals surface area contributed by atoms with Gasteiger partial charge in [-0.05, 0) is 18.4 Å². The SMILES string of the molecule is [2H]C(OC[C@H]1OC(OC)[C@H](OC(=O)CCCCCCCCCCCCC)[C@@H](OC(=O)CCCCCCCCCCCCC)[C@@H]1OS(=O)(=O)O)c1ccccc1. The summed E-state index contributed by atoms with van der Waals surface area (Å²) in [5.74, 6) is -1.23. The minimum absolute atomic E-state index is 0.0496. The van der Waals surface area contributed by atoms with Gasteiger partial charge in [-0.25, -0.2) is 4.18 Å². The molecule has 0 aromatic heterocycles. The van der Waals surface area contributed by atoms with Crippen LogP contribution in [0.2, 0.25) is 0 Å². The molecule has 0 bridgehead atoms. The number of methoxy groups -OCH3 is 1. The Bertz CT molecular complexity index is 1240. The summed E-state index contributed by atoms with van der Waals surface area (Å²) in [6.45, 7) is 2.87. The van der Waals surface area contributed by atoms with Crippen LogP contribution in [0.5, 0.6) is 0 Å². The molecule has 1 aliphatic rings. The van der Waals surface area contributed by atoms with Gasteiger partial charge in [0, 0.05) is 20.0 Å². The van der Waals surface area contributed by atoms with Crippen molar-refractivity contribution in [3.63, 3.8) is 0 Å². The summed E-state index contributed by atoms with van der Waals surface area (Å²) >= 11 is 0. The second-order valence-corrected chi connectivity index (χ2v) is 15.7. The lowest BCUT2D eigenvalue weighted by Crippen LogP contribution is -2.62. The highest BCUT2D eigenvalue weighted by atomic mass is 32.3. The Morgan fingerprint density at radius 3 is 1.52 bits per heavy atom. The predicted molar refractivity (Wildman–Crippen MR) is 210 cm³/mol. The van der Waals surface area contributed by atoms with Crippen LogP contribution in [0.25, 0.3) is 0 Å². The second-order valence-electron chi connectivity index (χ2n) is 14.6. The quantitative estimate of drug-likeness (QED) is 0.0413. The molecule has 6 atom stereocenters. The van der Waals surface area contributed by atoms with Crippen LogP contribution in [0.4, 0.5) is 0 Å². The molecule has 1 saturated heterocycles. The highest BCUT2D eigenvalue weighted by Crippen LogP contribution is 2.31. The second kappa shape index (κ2) is 30.1. The summed E-state index contributed by atoms with van der Waals surface area (Å²) in [6, 6.07) is 8.71. The minimum atomic E-state index is -5.12. The Balaban J connectivity index is 2.05. The van der Waals surface area contributed by atoms with E-state index in [-0.39, 0.29) is 12.8 Å². The van der Waals surface area contributed by atoms with E-state index in [0.717, 1.165) is 44.9 Å². The molecule has 2 rings (SSSR count). The molecule has 0 aliphatic carbocycles. The summed E-state index contributed by atoms with van der Waals surface area (Å²) in [5.41, 5.74) is 0.540. The number of benzene rings is 1. The van der Waals surface area contributed by atoms with Crippen molar-refractivity contribution >= 4 is 22.3 Å². The molecule has 1 aliphatic heterocycles. The molecule has 312 valence electrons. The first-order valence-corrected chi connectivity index (χ1v) is 22.3. The van der Waals surface area contributed by atoms with Gasteiger partial charge in [-0.1, -0.05) is 173 Å². The van der Waals surface area contributed by atoms with E-state index in [1.165, 1.54) is 90.6 Å². The largest absolute Gasteiger partial charge is 0.455 e. The first kappa shape index (κ1) is 46.3. The first-order valence-electron chi connectivity index (χ1n) is 21.5. The predicted octanol–water partition coefficient (Wildman–Crippen LogP) is 9.99. The molecule has 1 heterocycles. The molecule has 12 heteroatoms. The highest BCUT2D eigenvalue weighted by Gasteiger charge is 2.53. The lowest BCUT2D eigenvalue weighted by molar-refractivity contribution is -0.298. The minimum Gasteiger partial charge on any atom is -0.455 e. The standard InChI is InChI=1S/C42H72O11S/c1-4-6-8-10-12-14-16-18-20-22-27-31-37(43)51-40-39(53-54(45,46)47)36(34-49-33-35-29-25-24-26-30-35)50-42(48-3)41(40)52-38(44)32-28-23-21-19-17-15-13-11-9-7-5-2/h24-26,29-30,36,39-42H,4-23,27-28,31-34H2,1-3H3,(H,45,46,47)/t36-,39-,40+,41-,42?/m1/s1/i33D/t33?,36-,39-,40+,41-,42?. The number of carbonyl (C=O) groups excluding carboxylic acids is 2. The van der Waals surface area contributed by atoms with Crippen LogP contribution in [0.1, 0.15) is 175 Å². The zero-order valence-corrected chi connectivity index (χ0v) is 34.3. The number of ether oxygens (including phenoxy) is 5. The average Bonchev–Trinajstić information content (AvgIpc) is 3.16. The van der Waals surface area contributed by atoms with E-state index in [9.17, 15) is 22.6 Å². The van der Waals surface area contributed by atoms with Crippen molar-refractivity contribution in [2.75, 3.05) is 13.7 Å². The van der Waals surface area contributed by atoms with Crippen LogP contribution in [0.15, 0.2) is 30.3 Å². The molecular formula is C42H72O11S. The molecule has 0 spiro atoms. The Hall–Kier alpha value is -2.09. The van der Waals surface area contributed by atoms with Crippen LogP contribution in [0, 0.1) is 0 Å². The molecule has 1 N–H and O–H groups in total. The van der Waals surface area contributed by atoms with Crippen molar-refractivity contribution in [2.24, 2.45) is 0 Å². The van der Waals surface area contributed by atoms with Crippen molar-refractivity contribution in [3.05, 3.63) is 35.9 Å². The van der Waals surface area contributed by atoms with Crippen molar-refractivity contribution in [1.82, 2.24) is 0 Å². The van der Waals surface area contributed by atoms with Gasteiger partial charge in [-0.15, -0.1) is 0 Å². The van der Waals surface area contributed by atoms with E-state index in [2.05, 4.69) is 13.8 Å². The average molecular weight is 786 g/mol. The molecule has 54 heavy (non-hydrogen) atoms. The van der Waals surface area contributed by atoms with Crippen molar-refractivity contribution in [2.45, 2.75) is 205 Å². The van der Waals surface area contributed by atoms with Crippen LogP contribution >= 0.6 is 0 Å². The molecule has 1 aromatic rings. The number of rotatable bonds is 33. The van der Waals surface area contributed by atoms with Crippen LogP contribution < -0.4 is 0 Å². The first-order chi connectivity index (χ1) is 26.6. The summed E-state index contributed by atoms with van der Waals surface area (Å²) < 4.78 is 76.5. The maximum absolute atomic E-state index is 13.3. The fraction of sp³-hybridized carbons (Fsp3) is 0.810. The molecule has 11 nitrogen and oxygen atoms in total. The van der Waals surface area contributed by atoms with Gasteiger partial charge in [-0.2, -0.15) is 8.42 Å². The van der Waals surface area contributed by atoms with E-state index >= 15 is 0 Å². The molecule has 1 aromatic carbocycles. The van der Waals surface area contributed by atoms with Gasteiger partial charge >= 0.3 is 22.3 Å². The molecule has 0 amide bonds. The lowest BCUT2D eigenvalue weighted by Gasteiger charge is -2.43. The number of unbranched alkanes of at least 4 members (excludes halogenated alkanes) is 20. The number of hydrogen-bond donors (Lipinski definition) is 1. The van der Waals surface area contributed by atoms with Crippen LogP contribution in [-0.4, -0.2) is 69.3 Å². The summed E-state index contributed by atoms with van der Waals surface area (Å²) in [6.07, 6.45) is 17.4. The maximum Gasteiger partial charge on any atom is 0.397 e. The van der Waals surface area contributed by atoms with Crippen molar-refractivity contribution < 1.29 is 51.8 Å².